The Balaban J connectivity index is 1.39. The predicted molar refractivity (Wildman–Crippen MR) is 137 cm³/mol. The quantitative estimate of drug-likeness (QED) is 0.304. The van der Waals surface area contributed by atoms with E-state index in [0.29, 0.717) is 41.8 Å². The molecule has 1 saturated heterocycles. The van der Waals surface area contributed by atoms with E-state index in [0.717, 1.165) is 53.6 Å². The van der Waals surface area contributed by atoms with Crippen molar-refractivity contribution in [3.8, 4) is 0 Å². The molecule has 2 fully saturated rings. The van der Waals surface area contributed by atoms with E-state index in [-0.39, 0.29) is 16.0 Å². The first-order chi connectivity index (χ1) is 18.6. The summed E-state index contributed by atoms with van der Waals surface area (Å²) in [7, 11) is -4.33. The number of piperazine rings is 1. The van der Waals surface area contributed by atoms with Crippen molar-refractivity contribution in [1.29, 1.82) is 0 Å². The van der Waals surface area contributed by atoms with Gasteiger partial charge in [0.2, 0.25) is 5.95 Å². The van der Waals surface area contributed by atoms with E-state index >= 15 is 0 Å². The lowest BCUT2D eigenvalue weighted by Crippen LogP contribution is -2.56. The van der Waals surface area contributed by atoms with Crippen LogP contribution in [-0.2, 0) is 15.9 Å². The van der Waals surface area contributed by atoms with Crippen LogP contribution in [0.3, 0.4) is 0 Å². The van der Waals surface area contributed by atoms with Crippen LogP contribution in [-0.4, -0.2) is 59.4 Å². The lowest BCUT2D eigenvalue weighted by molar-refractivity contribution is -0.0281. The number of fused-ring (bicyclic) bond motifs is 1. The summed E-state index contributed by atoms with van der Waals surface area (Å²) < 4.78 is 81.7. The number of hydrogen-bond donors (Lipinski definition) is 0. The molecule has 204 valence electrons. The molecule has 1 aliphatic heterocycles. The molecular weight excluding hydrogens is 560 g/mol. The summed E-state index contributed by atoms with van der Waals surface area (Å²) in [6.45, 7) is -0.449. The second-order valence-corrected chi connectivity index (χ2v) is 11.8. The Hall–Kier alpha value is -3.45. The molecule has 0 amide bonds. The van der Waals surface area contributed by atoms with Gasteiger partial charge in [0, 0.05) is 25.2 Å². The second kappa shape index (κ2) is 9.05. The van der Waals surface area contributed by atoms with Gasteiger partial charge in [0.1, 0.15) is 0 Å². The van der Waals surface area contributed by atoms with Crippen LogP contribution in [0.25, 0.3) is 10.9 Å². The van der Waals surface area contributed by atoms with Gasteiger partial charge >= 0.3 is 5.92 Å². The normalized spacial score (nSPS) is 17.3. The monoisotopic (exact) mass is 580 g/mol. The molecule has 0 N–H and O–H groups in total. The number of alkyl halides is 3. The van der Waals surface area contributed by atoms with Gasteiger partial charge in [-0.1, -0.05) is 29.8 Å². The van der Waals surface area contributed by atoms with Crippen molar-refractivity contribution in [2.45, 2.75) is 29.2 Å². The summed E-state index contributed by atoms with van der Waals surface area (Å²) in [5, 5.41) is 5.27. The number of benzene rings is 2. The molecule has 4 aromatic rings. The van der Waals surface area contributed by atoms with Gasteiger partial charge in [-0.15, -0.1) is 5.10 Å². The smallest absolute Gasteiger partial charge is 0.301 e. The Morgan fingerprint density at radius 2 is 1.72 bits per heavy atom. The molecule has 0 atom stereocenters. The zero-order chi connectivity index (χ0) is 27.6. The maximum Gasteiger partial charge on any atom is 0.301 e. The van der Waals surface area contributed by atoms with Crippen molar-refractivity contribution < 1.29 is 26.0 Å². The average Bonchev–Trinajstić information content (AvgIpc) is 3.57. The van der Waals surface area contributed by atoms with Crippen LogP contribution < -0.4 is 9.80 Å². The maximum absolute atomic E-state index is 13.7. The average molecular weight is 581 g/mol. The van der Waals surface area contributed by atoms with Gasteiger partial charge < -0.3 is 9.80 Å². The van der Waals surface area contributed by atoms with Gasteiger partial charge in [0.15, 0.2) is 18.3 Å². The number of aromatic nitrogens is 4. The molecule has 0 bridgehead atoms. The fraction of sp³-hybridized carbons (Fsp3) is 0.320. The topological polar surface area (TPSA) is 84.2 Å². The minimum atomic E-state index is -4.33. The van der Waals surface area contributed by atoms with Gasteiger partial charge in [-0.25, -0.2) is 18.7 Å². The maximum atomic E-state index is 13.7. The molecular formula is C25H21ClF4N6O2S. The van der Waals surface area contributed by atoms with E-state index in [1.165, 1.54) is 0 Å². The van der Waals surface area contributed by atoms with Crippen molar-refractivity contribution in [3.05, 3.63) is 71.3 Å². The van der Waals surface area contributed by atoms with E-state index in [1.54, 1.807) is 18.2 Å². The highest BCUT2D eigenvalue weighted by atomic mass is 35.5. The van der Waals surface area contributed by atoms with E-state index in [1.807, 2.05) is 9.80 Å². The Kier molecular flexibility index (Phi) is 5.99. The Labute approximate surface area is 225 Å². The lowest BCUT2D eigenvalue weighted by Gasteiger charge is -2.42. The van der Waals surface area contributed by atoms with Crippen LogP contribution in [0.15, 0.2) is 59.8 Å². The summed E-state index contributed by atoms with van der Waals surface area (Å²) in [6, 6.07) is 8.62. The fourth-order valence-electron chi connectivity index (χ4n) is 5.02. The molecule has 2 aromatic carbocycles. The predicted octanol–water partition coefficient (Wildman–Crippen LogP) is 4.78. The van der Waals surface area contributed by atoms with E-state index in [4.69, 9.17) is 11.6 Å². The first kappa shape index (κ1) is 25.8. The third kappa shape index (κ3) is 4.27. The van der Waals surface area contributed by atoms with Crippen molar-refractivity contribution in [3.63, 3.8) is 0 Å². The Bertz CT molecular complexity index is 1660. The van der Waals surface area contributed by atoms with E-state index < -0.39 is 34.0 Å². The summed E-state index contributed by atoms with van der Waals surface area (Å²) in [5.74, 6) is -3.46. The molecule has 39 heavy (non-hydrogen) atoms. The third-order valence-corrected chi connectivity index (χ3v) is 9.12. The van der Waals surface area contributed by atoms with Gasteiger partial charge in [-0.05, 0) is 37.1 Å². The van der Waals surface area contributed by atoms with Crippen molar-refractivity contribution in [1.82, 2.24) is 19.2 Å². The zero-order valence-electron chi connectivity index (χ0n) is 20.2. The van der Waals surface area contributed by atoms with Crippen molar-refractivity contribution in [2.75, 3.05) is 36.1 Å². The molecule has 8 nitrogen and oxygen atoms in total. The minimum Gasteiger partial charge on any atom is -0.345 e. The third-order valence-electron chi connectivity index (χ3n) is 7.20. The van der Waals surface area contributed by atoms with Crippen LogP contribution >= 0.6 is 11.6 Å². The lowest BCUT2D eigenvalue weighted by atomic mass is 10.1. The Morgan fingerprint density at radius 1 is 1.03 bits per heavy atom. The standard InChI is InChI=1S/C25H21ClF4N6O2S/c26-19-2-1-3-20-21(19)22(33-36(20)39(37,38)18-6-4-16(5-7-18)25(29,30)14-27)35-11-10-34(15-24(35)8-9-24)23-31-12-17(28)13-32-23/h1-7,12-13H,8-11,14-15H2. The second-order valence-electron chi connectivity index (χ2n) is 9.67. The summed E-state index contributed by atoms with van der Waals surface area (Å²) in [6.07, 6.45) is 3.83. The van der Waals surface area contributed by atoms with Crippen LogP contribution in [0.5, 0.6) is 0 Å². The Morgan fingerprint density at radius 3 is 2.36 bits per heavy atom. The molecule has 6 rings (SSSR count). The highest BCUT2D eigenvalue weighted by Crippen LogP contribution is 2.49. The molecule has 1 spiro atoms. The van der Waals surface area contributed by atoms with Crippen molar-refractivity contribution in [2.24, 2.45) is 0 Å². The van der Waals surface area contributed by atoms with Gasteiger partial charge in [0.05, 0.1) is 38.8 Å². The number of anilines is 2. The fourth-order valence-corrected chi connectivity index (χ4v) is 6.55. The molecule has 3 heterocycles. The number of hydrogen-bond acceptors (Lipinski definition) is 7. The van der Waals surface area contributed by atoms with Gasteiger partial charge in [0.25, 0.3) is 10.0 Å². The minimum absolute atomic E-state index is 0.232. The van der Waals surface area contributed by atoms with E-state index in [9.17, 15) is 26.0 Å². The summed E-state index contributed by atoms with van der Waals surface area (Å²) >= 11 is 6.57. The van der Waals surface area contributed by atoms with Crippen LogP contribution in [0, 0.1) is 5.82 Å². The summed E-state index contributed by atoms with van der Waals surface area (Å²) in [4.78, 5) is 11.9. The molecule has 0 radical (unpaired) electrons. The highest BCUT2D eigenvalue weighted by Gasteiger charge is 2.53. The first-order valence-corrected chi connectivity index (χ1v) is 13.8. The molecule has 1 aliphatic carbocycles. The zero-order valence-corrected chi connectivity index (χ0v) is 21.8. The molecule has 14 heteroatoms. The number of rotatable bonds is 6. The highest BCUT2D eigenvalue weighted by molar-refractivity contribution is 7.90. The molecule has 1 saturated carbocycles. The number of halogens is 5. The molecule has 0 unspecified atom stereocenters. The van der Waals surface area contributed by atoms with Crippen LogP contribution in [0.4, 0.5) is 29.3 Å². The SMILES string of the molecule is O=S(=O)(c1ccc(C(F)(F)CF)cc1)n1nc(N2CCN(c3ncc(F)cn3)CC23CC3)c2c(Cl)cccc21. The molecule has 2 aliphatic rings. The van der Waals surface area contributed by atoms with Crippen LogP contribution in [0.2, 0.25) is 5.02 Å². The number of nitrogens with zero attached hydrogens (tertiary/aromatic N) is 6. The molecule has 2 aromatic heterocycles. The van der Waals surface area contributed by atoms with Gasteiger partial charge in [-0.3, -0.25) is 0 Å². The van der Waals surface area contributed by atoms with Crippen molar-refractivity contribution >= 4 is 44.3 Å². The largest absolute Gasteiger partial charge is 0.345 e. The van der Waals surface area contributed by atoms with Gasteiger partial charge in [-0.2, -0.15) is 21.3 Å². The van der Waals surface area contributed by atoms with E-state index in [2.05, 4.69) is 15.1 Å². The first-order valence-electron chi connectivity index (χ1n) is 12.0. The summed E-state index contributed by atoms with van der Waals surface area (Å²) in [5.41, 5.74) is -0.766. The van der Waals surface area contributed by atoms with Crippen LogP contribution in [0.1, 0.15) is 18.4 Å².